The molecule has 0 aliphatic heterocycles. The van der Waals surface area contributed by atoms with Crippen LogP contribution in [0.15, 0.2) is 63.7 Å². The summed E-state index contributed by atoms with van der Waals surface area (Å²) in [7, 11) is 0. The summed E-state index contributed by atoms with van der Waals surface area (Å²) in [5.41, 5.74) is 2.37. The zero-order chi connectivity index (χ0) is 16.9. The van der Waals surface area contributed by atoms with Crippen LogP contribution in [0.25, 0.3) is 11.3 Å². The first-order valence-electron chi connectivity index (χ1n) is 7.24. The molecule has 0 aliphatic carbocycles. The summed E-state index contributed by atoms with van der Waals surface area (Å²) < 4.78 is 11.7. The van der Waals surface area contributed by atoms with Crippen LogP contribution in [-0.4, -0.2) is 22.7 Å². The summed E-state index contributed by atoms with van der Waals surface area (Å²) in [4.78, 5) is 15.2. The van der Waals surface area contributed by atoms with Crippen LogP contribution >= 0.6 is 15.9 Å². The van der Waals surface area contributed by atoms with E-state index in [0.29, 0.717) is 29.3 Å². The van der Waals surface area contributed by atoms with Crippen LogP contribution in [0.2, 0.25) is 0 Å². The zero-order valence-corrected chi connectivity index (χ0v) is 14.2. The topological polar surface area (TPSA) is 72.6 Å². The van der Waals surface area contributed by atoms with Crippen molar-refractivity contribution in [3.63, 3.8) is 0 Å². The van der Waals surface area contributed by atoms with E-state index in [1.807, 2.05) is 36.4 Å². The second-order valence-electron chi connectivity index (χ2n) is 5.11. The lowest BCUT2D eigenvalue weighted by molar-refractivity contribution is -0.139. The minimum atomic E-state index is -1.03. The van der Waals surface area contributed by atoms with E-state index in [2.05, 4.69) is 20.9 Å². The number of nitrogens with zero attached hydrogens (tertiary/aromatic N) is 1. The van der Waals surface area contributed by atoms with E-state index in [-0.39, 0.29) is 0 Å². The summed E-state index contributed by atoms with van der Waals surface area (Å²) in [6.07, 6.45) is 2.13. The molecule has 0 atom stereocenters. The van der Waals surface area contributed by atoms with Gasteiger partial charge in [0.25, 0.3) is 0 Å². The lowest BCUT2D eigenvalue weighted by Crippen LogP contribution is -2.10. The highest BCUT2D eigenvalue weighted by molar-refractivity contribution is 9.10. The van der Waals surface area contributed by atoms with Crippen molar-refractivity contribution in [1.29, 1.82) is 0 Å². The molecule has 1 aromatic heterocycles. The average Bonchev–Trinajstić information content (AvgIpc) is 3.03. The fraction of sp³-hybridized carbons (Fsp3) is 0.111. The number of hydrogen-bond acceptors (Lipinski definition) is 4. The van der Waals surface area contributed by atoms with Gasteiger partial charge in [-0.1, -0.05) is 46.3 Å². The van der Waals surface area contributed by atoms with Gasteiger partial charge in [-0.3, -0.25) is 0 Å². The van der Waals surface area contributed by atoms with Gasteiger partial charge in [-0.2, -0.15) is 0 Å². The second kappa shape index (κ2) is 7.31. The largest absolute Gasteiger partial charge is 0.481 e. The van der Waals surface area contributed by atoms with Gasteiger partial charge in [0, 0.05) is 16.5 Å². The molecule has 3 aromatic rings. The second-order valence-corrected chi connectivity index (χ2v) is 6.03. The Hall–Kier alpha value is -2.60. The number of hydrogen-bond donors (Lipinski definition) is 1. The molecule has 0 amide bonds. The van der Waals surface area contributed by atoms with E-state index in [4.69, 9.17) is 14.3 Å². The van der Waals surface area contributed by atoms with Gasteiger partial charge < -0.3 is 14.3 Å². The normalized spacial score (nSPS) is 10.5. The minimum absolute atomic E-state index is 0.413. The molecule has 0 saturated heterocycles. The van der Waals surface area contributed by atoms with Gasteiger partial charge >= 0.3 is 5.97 Å². The van der Waals surface area contributed by atoms with Crippen LogP contribution in [0.3, 0.4) is 0 Å². The van der Waals surface area contributed by atoms with Crippen LogP contribution in [0.5, 0.6) is 5.75 Å². The lowest BCUT2D eigenvalue weighted by Gasteiger charge is -2.08. The first-order chi connectivity index (χ1) is 11.6. The molecule has 0 bridgehead atoms. The summed E-state index contributed by atoms with van der Waals surface area (Å²) >= 11 is 3.40. The van der Waals surface area contributed by atoms with Crippen molar-refractivity contribution in [3.05, 3.63) is 70.7 Å². The molecule has 5 nitrogen and oxygen atoms in total. The smallest absolute Gasteiger partial charge is 0.341 e. The Labute approximate surface area is 147 Å². The quantitative estimate of drug-likeness (QED) is 0.687. The van der Waals surface area contributed by atoms with Crippen molar-refractivity contribution >= 4 is 21.9 Å². The van der Waals surface area contributed by atoms with Crippen LogP contribution in [0.1, 0.15) is 11.5 Å². The highest BCUT2D eigenvalue weighted by Crippen LogP contribution is 2.32. The maximum Gasteiger partial charge on any atom is 0.341 e. The summed E-state index contributed by atoms with van der Waals surface area (Å²) in [5.74, 6) is -0.00527. The number of aliphatic carboxylic acids is 1. The lowest BCUT2D eigenvalue weighted by atomic mass is 10.1. The van der Waals surface area contributed by atoms with Gasteiger partial charge in [0.05, 0.1) is 0 Å². The highest BCUT2D eigenvalue weighted by Gasteiger charge is 2.14. The molecular weight excluding hydrogens is 374 g/mol. The minimum Gasteiger partial charge on any atom is -0.481 e. The fourth-order valence-corrected chi connectivity index (χ4v) is 2.62. The molecule has 24 heavy (non-hydrogen) atoms. The Morgan fingerprint density at radius 2 is 2.00 bits per heavy atom. The highest BCUT2D eigenvalue weighted by atomic mass is 79.9. The number of oxazole rings is 1. The molecular formula is C18H14BrNO4. The van der Waals surface area contributed by atoms with Gasteiger partial charge in [-0.15, -0.1) is 0 Å². The van der Waals surface area contributed by atoms with E-state index in [1.165, 1.54) is 0 Å². The standard InChI is InChI=1S/C18H14BrNO4/c19-13-6-7-16(23-11-18(21)22)14(9-13)15-10-24-17(20-15)8-12-4-2-1-3-5-12/h1-7,9-10H,8,11H2,(H,21,22). The Kier molecular flexibility index (Phi) is 4.96. The maximum absolute atomic E-state index is 10.7. The third kappa shape index (κ3) is 4.02. The van der Waals surface area contributed by atoms with E-state index in [9.17, 15) is 4.79 Å². The monoisotopic (exact) mass is 387 g/mol. The Balaban J connectivity index is 1.86. The Morgan fingerprint density at radius 3 is 2.75 bits per heavy atom. The van der Waals surface area contributed by atoms with Crippen LogP contribution in [-0.2, 0) is 11.2 Å². The molecule has 0 aliphatic rings. The van der Waals surface area contributed by atoms with Gasteiger partial charge in [-0.25, -0.2) is 9.78 Å². The predicted molar refractivity (Wildman–Crippen MR) is 92.0 cm³/mol. The molecule has 0 spiro atoms. The molecule has 0 fully saturated rings. The number of benzene rings is 2. The SMILES string of the molecule is O=C(O)COc1ccc(Br)cc1-c1coc(Cc2ccccc2)n1. The van der Waals surface area contributed by atoms with Crippen molar-refractivity contribution in [2.24, 2.45) is 0 Å². The maximum atomic E-state index is 10.7. The van der Waals surface area contributed by atoms with Crippen molar-refractivity contribution < 1.29 is 19.1 Å². The first-order valence-corrected chi connectivity index (χ1v) is 8.04. The number of carboxylic acids is 1. The molecule has 0 unspecified atom stereocenters. The molecule has 1 heterocycles. The van der Waals surface area contributed by atoms with E-state index in [0.717, 1.165) is 10.0 Å². The van der Waals surface area contributed by atoms with Crippen LogP contribution in [0, 0.1) is 0 Å². The number of halogens is 1. The van der Waals surface area contributed by atoms with Crippen molar-refractivity contribution in [2.45, 2.75) is 6.42 Å². The van der Waals surface area contributed by atoms with Gasteiger partial charge in [-0.05, 0) is 23.8 Å². The van der Waals surface area contributed by atoms with Crippen LogP contribution in [0.4, 0.5) is 0 Å². The van der Waals surface area contributed by atoms with Gasteiger partial charge in [0.15, 0.2) is 12.5 Å². The summed E-state index contributed by atoms with van der Waals surface area (Å²) in [6, 6.07) is 15.2. The van der Waals surface area contributed by atoms with Crippen molar-refractivity contribution in [1.82, 2.24) is 4.98 Å². The summed E-state index contributed by atoms with van der Waals surface area (Å²) in [6.45, 7) is -0.413. The Bertz CT molecular complexity index is 845. The molecule has 1 N–H and O–H groups in total. The molecule has 122 valence electrons. The number of ether oxygens (including phenoxy) is 1. The number of aromatic nitrogens is 1. The zero-order valence-electron chi connectivity index (χ0n) is 12.6. The molecule has 3 rings (SSSR count). The molecule has 2 aromatic carbocycles. The Morgan fingerprint density at radius 1 is 1.21 bits per heavy atom. The van der Waals surface area contributed by atoms with Gasteiger partial charge in [0.2, 0.25) is 0 Å². The predicted octanol–water partition coefficient (Wildman–Crippen LogP) is 4.16. The number of rotatable bonds is 6. The molecule has 0 saturated carbocycles. The first kappa shape index (κ1) is 16.3. The van der Waals surface area contributed by atoms with E-state index >= 15 is 0 Å². The van der Waals surface area contributed by atoms with Crippen LogP contribution < -0.4 is 4.74 Å². The number of carboxylic acid groups (broad SMARTS) is 1. The average molecular weight is 388 g/mol. The number of carbonyl (C=O) groups is 1. The third-order valence-electron chi connectivity index (χ3n) is 3.32. The van der Waals surface area contributed by atoms with Crippen molar-refractivity contribution in [2.75, 3.05) is 6.61 Å². The summed E-state index contributed by atoms with van der Waals surface area (Å²) in [5, 5.41) is 8.79. The molecule has 0 radical (unpaired) electrons. The molecule has 6 heteroatoms. The van der Waals surface area contributed by atoms with E-state index in [1.54, 1.807) is 18.4 Å². The third-order valence-corrected chi connectivity index (χ3v) is 3.81. The fourth-order valence-electron chi connectivity index (χ4n) is 2.25. The van der Waals surface area contributed by atoms with Crippen molar-refractivity contribution in [3.8, 4) is 17.0 Å². The van der Waals surface area contributed by atoms with Gasteiger partial charge in [0.1, 0.15) is 17.7 Å². The van der Waals surface area contributed by atoms with E-state index < -0.39 is 12.6 Å².